The number of nitrogens with two attached hydrogens (primary N) is 2. The molecule has 2 aliphatic carbocycles. The zero-order valence-electron chi connectivity index (χ0n) is 21.0. The van der Waals surface area contributed by atoms with E-state index in [2.05, 4.69) is 27.5 Å². The molecule has 1 heterocycles. The Morgan fingerprint density at radius 2 is 1.97 bits per heavy atom. The molecule has 0 amide bonds. The summed E-state index contributed by atoms with van der Waals surface area (Å²) in [7, 11) is 0. The third-order valence-corrected chi connectivity index (χ3v) is 7.91. The molecule has 5 rings (SSSR count). The summed E-state index contributed by atoms with van der Waals surface area (Å²) in [6, 6.07) is 15.3. The van der Waals surface area contributed by atoms with Gasteiger partial charge in [-0.15, -0.1) is 5.11 Å². The molecule has 8 nitrogen and oxygen atoms in total. The summed E-state index contributed by atoms with van der Waals surface area (Å²) in [6.45, 7) is 2.04. The van der Waals surface area contributed by atoms with E-state index in [1.807, 2.05) is 18.2 Å². The Balaban J connectivity index is 1.24. The molecule has 0 saturated heterocycles. The zero-order valence-corrected chi connectivity index (χ0v) is 21.0. The number of ketones is 1. The van der Waals surface area contributed by atoms with Gasteiger partial charge < -0.3 is 21.4 Å². The van der Waals surface area contributed by atoms with Crippen molar-refractivity contribution in [1.29, 1.82) is 0 Å². The number of aromatic nitrogens is 1. The van der Waals surface area contributed by atoms with Crippen LogP contribution in [0.3, 0.4) is 0 Å². The number of ether oxygens (including phenoxy) is 1. The van der Waals surface area contributed by atoms with Crippen LogP contribution >= 0.6 is 0 Å². The third kappa shape index (κ3) is 5.34. The molecule has 0 spiro atoms. The highest BCUT2D eigenvalue weighted by atomic mass is 16.5. The number of rotatable bonds is 9. The van der Waals surface area contributed by atoms with Crippen LogP contribution in [0.15, 0.2) is 71.3 Å². The van der Waals surface area contributed by atoms with E-state index in [0.717, 1.165) is 30.4 Å². The van der Waals surface area contributed by atoms with Crippen LogP contribution in [-0.2, 0) is 6.42 Å². The van der Waals surface area contributed by atoms with Crippen molar-refractivity contribution in [3.63, 3.8) is 0 Å². The van der Waals surface area contributed by atoms with Gasteiger partial charge in [-0.1, -0.05) is 35.6 Å². The van der Waals surface area contributed by atoms with Crippen molar-refractivity contribution in [3.8, 4) is 22.6 Å². The van der Waals surface area contributed by atoms with Gasteiger partial charge in [-0.3, -0.25) is 9.78 Å². The number of hydrogen-bond donors (Lipinski definition) is 3. The van der Waals surface area contributed by atoms with Crippen molar-refractivity contribution in [2.75, 3.05) is 6.61 Å². The first-order chi connectivity index (χ1) is 18.0. The van der Waals surface area contributed by atoms with E-state index < -0.39 is 6.17 Å². The van der Waals surface area contributed by atoms with Gasteiger partial charge in [-0.2, -0.15) is 0 Å². The molecule has 8 heteroatoms. The van der Waals surface area contributed by atoms with Gasteiger partial charge in [0.15, 0.2) is 5.78 Å². The van der Waals surface area contributed by atoms with Gasteiger partial charge >= 0.3 is 0 Å². The summed E-state index contributed by atoms with van der Waals surface area (Å²) in [5, 5.41) is 18.1. The fraction of sp³-hybridized carbons (Fsp3) is 0.379. The van der Waals surface area contributed by atoms with Gasteiger partial charge in [0.05, 0.1) is 17.7 Å². The quantitative estimate of drug-likeness (QED) is 0.160. The number of aromatic hydroxyl groups is 1. The highest BCUT2D eigenvalue weighted by molar-refractivity contribution is 6.00. The minimum absolute atomic E-state index is 0.0547. The largest absolute Gasteiger partial charge is 0.506 e. The molecule has 2 aliphatic rings. The van der Waals surface area contributed by atoms with Crippen LogP contribution in [0.1, 0.15) is 53.8 Å². The number of benzene rings is 2. The molecule has 0 radical (unpaired) electrons. The number of Topliss-reactive ketones (excluding diaryl/α,β-unsaturated/α-hetero) is 1. The van der Waals surface area contributed by atoms with E-state index in [1.54, 1.807) is 30.6 Å². The smallest absolute Gasteiger partial charge is 0.163 e. The Bertz CT molecular complexity index is 1300. The number of pyridine rings is 1. The monoisotopic (exact) mass is 499 g/mol. The average Bonchev–Trinajstić information content (AvgIpc) is 3.71. The maximum Gasteiger partial charge on any atom is 0.163 e. The van der Waals surface area contributed by atoms with Gasteiger partial charge in [0.2, 0.25) is 0 Å². The van der Waals surface area contributed by atoms with Crippen LogP contribution in [0.4, 0.5) is 0 Å². The maximum absolute atomic E-state index is 12.0. The highest BCUT2D eigenvalue weighted by Crippen LogP contribution is 2.56. The van der Waals surface area contributed by atoms with Crippen molar-refractivity contribution in [2.24, 2.45) is 45.6 Å². The fourth-order valence-corrected chi connectivity index (χ4v) is 5.95. The number of carbonyl (C=O) groups is 1. The minimum atomic E-state index is -0.535. The number of hydrogen-bond acceptors (Lipinski definition) is 7. The Hall–Kier alpha value is -3.78. The van der Waals surface area contributed by atoms with Crippen LogP contribution in [0.2, 0.25) is 0 Å². The number of phenols is 1. The first-order valence-electron chi connectivity index (χ1n) is 12.8. The van der Waals surface area contributed by atoms with Crippen molar-refractivity contribution in [2.45, 2.75) is 38.8 Å². The maximum atomic E-state index is 12.0. The summed E-state index contributed by atoms with van der Waals surface area (Å²) >= 11 is 0. The van der Waals surface area contributed by atoms with Crippen LogP contribution in [0, 0.1) is 23.7 Å². The third-order valence-electron chi connectivity index (χ3n) is 7.91. The highest BCUT2D eigenvalue weighted by Gasteiger charge is 2.50. The number of nitrogens with zero attached hydrogens (tertiary/aromatic N) is 3. The molecule has 3 aromatic rings. The lowest BCUT2D eigenvalue weighted by molar-refractivity contribution is 0.101. The van der Waals surface area contributed by atoms with Crippen LogP contribution in [0.5, 0.6) is 11.5 Å². The van der Waals surface area contributed by atoms with Crippen LogP contribution < -0.4 is 16.3 Å². The molecule has 37 heavy (non-hydrogen) atoms. The molecule has 5 atom stereocenters. The second-order valence-corrected chi connectivity index (χ2v) is 10.2. The summed E-state index contributed by atoms with van der Waals surface area (Å²) in [4.78, 5) is 16.2. The molecule has 2 fully saturated rings. The van der Waals surface area contributed by atoms with E-state index in [9.17, 15) is 9.90 Å². The van der Waals surface area contributed by atoms with Gasteiger partial charge in [0.25, 0.3) is 0 Å². The Labute approximate surface area is 216 Å². The molecular weight excluding hydrogens is 466 g/mol. The summed E-state index contributed by atoms with van der Waals surface area (Å²) in [6.07, 6.45) is 7.33. The lowest BCUT2D eigenvalue weighted by Gasteiger charge is -2.28. The van der Waals surface area contributed by atoms with Crippen LogP contribution in [0.25, 0.3) is 11.1 Å². The second-order valence-electron chi connectivity index (χ2n) is 10.2. The summed E-state index contributed by atoms with van der Waals surface area (Å²) in [5.41, 5.74) is 9.75. The van der Waals surface area contributed by atoms with Gasteiger partial charge in [-0.25, -0.2) is 0 Å². The van der Waals surface area contributed by atoms with E-state index in [0.29, 0.717) is 41.6 Å². The Morgan fingerprint density at radius 1 is 1.16 bits per heavy atom. The minimum Gasteiger partial charge on any atom is -0.506 e. The predicted molar refractivity (Wildman–Crippen MR) is 141 cm³/mol. The average molecular weight is 500 g/mol. The van der Waals surface area contributed by atoms with E-state index in [1.165, 1.54) is 18.9 Å². The van der Waals surface area contributed by atoms with Crippen molar-refractivity contribution >= 4 is 5.78 Å². The number of carbonyl (C=O) groups excluding carboxylic acids is 1. The molecule has 2 saturated carbocycles. The molecule has 0 bridgehead atoms. The topological polar surface area (TPSA) is 136 Å². The zero-order chi connectivity index (χ0) is 25.9. The van der Waals surface area contributed by atoms with E-state index in [4.69, 9.17) is 16.3 Å². The second kappa shape index (κ2) is 10.7. The molecule has 0 aliphatic heterocycles. The summed E-state index contributed by atoms with van der Waals surface area (Å²) in [5.74, 6) is 7.97. The predicted octanol–water partition coefficient (Wildman–Crippen LogP) is 5.22. The fourth-order valence-electron chi connectivity index (χ4n) is 5.95. The van der Waals surface area contributed by atoms with Crippen molar-refractivity contribution in [1.82, 2.24) is 4.98 Å². The SMILES string of the molecule is CC(=O)c1ccc(OCC2CCC(Cc3cccc(C(N)/N=N\N)c3)C3CC23)c(-c2cccnc2)c1O. The molecule has 5 unspecified atom stereocenters. The van der Waals surface area contributed by atoms with Gasteiger partial charge in [0, 0.05) is 18.0 Å². The Morgan fingerprint density at radius 3 is 2.73 bits per heavy atom. The molecule has 1 aromatic heterocycles. The first-order valence-corrected chi connectivity index (χ1v) is 12.8. The van der Waals surface area contributed by atoms with Crippen LogP contribution in [-0.4, -0.2) is 22.5 Å². The molecule has 2 aromatic carbocycles. The number of phenolic OH excluding ortho intramolecular Hbond substituents is 1. The molecular formula is C29H33N5O3. The van der Waals surface area contributed by atoms with Gasteiger partial charge in [0.1, 0.15) is 17.7 Å². The number of fused-ring (bicyclic) bond motifs is 1. The van der Waals surface area contributed by atoms with Gasteiger partial charge in [-0.05, 0) is 85.6 Å². The van der Waals surface area contributed by atoms with Crippen molar-refractivity contribution in [3.05, 3.63) is 77.6 Å². The van der Waals surface area contributed by atoms with Crippen molar-refractivity contribution < 1.29 is 14.6 Å². The lowest BCUT2D eigenvalue weighted by Crippen LogP contribution is -2.24. The lowest BCUT2D eigenvalue weighted by atomic mass is 9.79. The Kier molecular flexibility index (Phi) is 7.19. The van der Waals surface area contributed by atoms with E-state index >= 15 is 0 Å². The summed E-state index contributed by atoms with van der Waals surface area (Å²) < 4.78 is 6.32. The normalized spacial score (nSPS) is 23.4. The molecule has 192 valence electrons. The standard InChI is InChI=1S/C29H33N5O3/c1-17(35)23-9-10-26(27(28(23)36)21-6-3-11-32-15-21)37-16-22-8-7-19(24-14-25(22)24)12-18-4-2-5-20(13-18)29(30)33-34-31/h2-6,9-11,13,15,19,22,24-25,29,36H,7-8,12,14,16,30H2,1H3,(H2,31,33). The van der Waals surface area contributed by atoms with E-state index in [-0.39, 0.29) is 17.1 Å². The molecule has 5 N–H and O–H groups in total. The first kappa shape index (κ1) is 24.9.